The first kappa shape index (κ1) is 15.1. The second-order valence-corrected chi connectivity index (χ2v) is 6.83. The van der Waals surface area contributed by atoms with Crippen molar-refractivity contribution in [3.8, 4) is 5.75 Å². The lowest BCUT2D eigenvalue weighted by Crippen LogP contribution is -2.56. The molecule has 1 aromatic carbocycles. The minimum atomic E-state index is -0.143. The van der Waals surface area contributed by atoms with Crippen LogP contribution in [0.5, 0.6) is 5.75 Å². The van der Waals surface area contributed by atoms with E-state index < -0.39 is 0 Å². The number of morpholine rings is 1. The number of hydrogen-bond donors (Lipinski definition) is 1. The van der Waals surface area contributed by atoms with Gasteiger partial charge in [-0.1, -0.05) is 0 Å². The molecule has 1 aliphatic rings. The fourth-order valence-electron chi connectivity index (χ4n) is 3.14. The van der Waals surface area contributed by atoms with Crippen LogP contribution in [-0.4, -0.2) is 36.3 Å². The predicted octanol–water partition coefficient (Wildman–Crippen LogP) is 2.67. The third-order valence-electron chi connectivity index (χ3n) is 3.51. The fraction of sp³-hybridized carbons (Fsp3) is 0.625. The molecule has 0 saturated carbocycles. The Balaban J connectivity index is 2.17. The van der Waals surface area contributed by atoms with Crippen LogP contribution in [0.2, 0.25) is 0 Å². The van der Waals surface area contributed by atoms with Gasteiger partial charge in [0.1, 0.15) is 5.75 Å². The summed E-state index contributed by atoms with van der Waals surface area (Å²) in [6.07, 6.45) is 0. The van der Waals surface area contributed by atoms with Gasteiger partial charge in [0.2, 0.25) is 0 Å². The van der Waals surface area contributed by atoms with E-state index in [0.717, 1.165) is 36.6 Å². The third-order valence-corrected chi connectivity index (χ3v) is 3.51. The molecule has 0 bridgehead atoms. The Morgan fingerprint density at radius 2 is 1.80 bits per heavy atom. The number of benzene rings is 1. The molecule has 20 heavy (non-hydrogen) atoms. The summed E-state index contributed by atoms with van der Waals surface area (Å²) in [5.74, 6) is 0.848. The second-order valence-electron chi connectivity index (χ2n) is 6.83. The molecule has 0 aliphatic carbocycles. The first-order valence-electron chi connectivity index (χ1n) is 7.06. The molecular weight excluding hydrogens is 252 g/mol. The van der Waals surface area contributed by atoms with Gasteiger partial charge >= 0.3 is 0 Å². The highest BCUT2D eigenvalue weighted by molar-refractivity contribution is 5.50. The molecule has 4 nitrogen and oxygen atoms in total. The Hall–Kier alpha value is -1.26. The maximum absolute atomic E-state index is 6.11. The van der Waals surface area contributed by atoms with Gasteiger partial charge in [0.25, 0.3) is 0 Å². The number of nitrogens with zero attached hydrogens (tertiary/aromatic N) is 1. The van der Waals surface area contributed by atoms with E-state index in [4.69, 9.17) is 15.2 Å². The number of ether oxygens (including phenoxy) is 2. The maximum atomic E-state index is 6.11. The number of nitrogen functional groups attached to an aromatic ring is 1. The number of nitrogens with two attached hydrogens (primary N) is 1. The molecule has 2 N–H and O–H groups in total. The van der Waals surface area contributed by atoms with Gasteiger partial charge in [-0.3, -0.25) is 4.90 Å². The van der Waals surface area contributed by atoms with E-state index in [2.05, 4.69) is 32.6 Å². The summed E-state index contributed by atoms with van der Waals surface area (Å²) in [7, 11) is 1.68. The van der Waals surface area contributed by atoms with E-state index in [1.807, 2.05) is 18.2 Å². The first-order chi connectivity index (χ1) is 9.21. The van der Waals surface area contributed by atoms with Gasteiger partial charge in [-0.25, -0.2) is 0 Å². The van der Waals surface area contributed by atoms with Crippen molar-refractivity contribution in [3.05, 3.63) is 23.8 Å². The predicted molar refractivity (Wildman–Crippen MR) is 81.9 cm³/mol. The summed E-state index contributed by atoms with van der Waals surface area (Å²) in [4.78, 5) is 2.40. The maximum Gasteiger partial charge on any atom is 0.119 e. The number of rotatable bonds is 3. The van der Waals surface area contributed by atoms with Crippen molar-refractivity contribution in [2.24, 2.45) is 0 Å². The molecule has 112 valence electrons. The van der Waals surface area contributed by atoms with Gasteiger partial charge in [-0.05, 0) is 51.5 Å². The molecule has 0 aromatic heterocycles. The van der Waals surface area contributed by atoms with E-state index in [0.29, 0.717) is 0 Å². The lowest BCUT2D eigenvalue weighted by Gasteiger charge is -2.47. The zero-order valence-electron chi connectivity index (χ0n) is 13.2. The summed E-state index contributed by atoms with van der Waals surface area (Å²) in [5, 5.41) is 0. The van der Waals surface area contributed by atoms with Gasteiger partial charge in [-0.2, -0.15) is 0 Å². The van der Waals surface area contributed by atoms with Gasteiger partial charge in [0.05, 0.1) is 18.3 Å². The van der Waals surface area contributed by atoms with Crippen LogP contribution in [0, 0.1) is 0 Å². The normalized spacial score (nSPS) is 21.6. The molecular formula is C16H26N2O2. The Kier molecular flexibility index (Phi) is 3.98. The molecule has 4 heteroatoms. The van der Waals surface area contributed by atoms with Crippen LogP contribution in [0.25, 0.3) is 0 Å². The highest BCUT2D eigenvalue weighted by atomic mass is 16.5. The SMILES string of the molecule is COc1ccc(N)c(CN2CC(C)(C)OC(C)(C)C2)c1. The van der Waals surface area contributed by atoms with Gasteiger partial charge < -0.3 is 15.2 Å². The standard InChI is InChI=1S/C16H26N2O2/c1-15(2)10-18(11-16(3,4)20-15)9-12-8-13(19-5)6-7-14(12)17/h6-8H,9-11,17H2,1-5H3. The first-order valence-corrected chi connectivity index (χ1v) is 7.06. The molecule has 1 saturated heterocycles. The molecule has 1 heterocycles. The van der Waals surface area contributed by atoms with Gasteiger partial charge in [-0.15, -0.1) is 0 Å². The largest absolute Gasteiger partial charge is 0.497 e. The van der Waals surface area contributed by atoms with E-state index >= 15 is 0 Å². The van der Waals surface area contributed by atoms with Crippen LogP contribution < -0.4 is 10.5 Å². The van der Waals surface area contributed by atoms with Crippen molar-refractivity contribution >= 4 is 5.69 Å². The third kappa shape index (κ3) is 3.64. The lowest BCUT2D eigenvalue weighted by atomic mass is 9.98. The molecule has 0 atom stereocenters. The van der Waals surface area contributed by atoms with Crippen LogP contribution >= 0.6 is 0 Å². The van der Waals surface area contributed by atoms with Crippen LogP contribution in [0.3, 0.4) is 0 Å². The summed E-state index contributed by atoms with van der Waals surface area (Å²) >= 11 is 0. The highest BCUT2D eigenvalue weighted by Gasteiger charge is 2.38. The van der Waals surface area contributed by atoms with E-state index in [1.165, 1.54) is 0 Å². The minimum absolute atomic E-state index is 0.143. The van der Waals surface area contributed by atoms with Crippen LogP contribution in [-0.2, 0) is 11.3 Å². The zero-order chi connectivity index (χ0) is 15.0. The average Bonchev–Trinajstić information content (AvgIpc) is 2.28. The summed E-state index contributed by atoms with van der Waals surface area (Å²) < 4.78 is 11.4. The zero-order valence-corrected chi connectivity index (χ0v) is 13.2. The Morgan fingerprint density at radius 3 is 2.35 bits per heavy atom. The van der Waals surface area contributed by atoms with E-state index in [1.54, 1.807) is 7.11 Å². The average molecular weight is 278 g/mol. The summed E-state index contributed by atoms with van der Waals surface area (Å²) in [6.45, 7) is 11.1. The molecule has 0 unspecified atom stereocenters. The number of hydrogen-bond acceptors (Lipinski definition) is 4. The van der Waals surface area contributed by atoms with Crippen molar-refractivity contribution in [2.45, 2.75) is 45.4 Å². The quantitative estimate of drug-likeness (QED) is 0.864. The number of anilines is 1. The molecule has 0 spiro atoms. The lowest BCUT2D eigenvalue weighted by molar-refractivity contribution is -0.182. The molecule has 1 fully saturated rings. The number of methoxy groups -OCH3 is 1. The van der Waals surface area contributed by atoms with Crippen LogP contribution in [0.4, 0.5) is 5.69 Å². The smallest absolute Gasteiger partial charge is 0.119 e. The minimum Gasteiger partial charge on any atom is -0.497 e. The Labute approximate surface area is 121 Å². The topological polar surface area (TPSA) is 47.7 Å². The van der Waals surface area contributed by atoms with Gasteiger partial charge in [0.15, 0.2) is 0 Å². The van der Waals surface area contributed by atoms with E-state index in [-0.39, 0.29) is 11.2 Å². The van der Waals surface area contributed by atoms with Crippen molar-refractivity contribution in [2.75, 3.05) is 25.9 Å². The molecule has 2 rings (SSSR count). The van der Waals surface area contributed by atoms with Crippen LogP contribution in [0.15, 0.2) is 18.2 Å². The van der Waals surface area contributed by atoms with Crippen LogP contribution in [0.1, 0.15) is 33.3 Å². The molecule has 0 amide bonds. The Bertz CT molecular complexity index is 467. The van der Waals surface area contributed by atoms with E-state index in [9.17, 15) is 0 Å². The highest BCUT2D eigenvalue weighted by Crippen LogP contribution is 2.30. The summed E-state index contributed by atoms with van der Waals surface area (Å²) in [6, 6.07) is 5.82. The van der Waals surface area contributed by atoms with Gasteiger partial charge in [0, 0.05) is 25.3 Å². The second kappa shape index (κ2) is 5.26. The van der Waals surface area contributed by atoms with Crippen molar-refractivity contribution in [1.82, 2.24) is 4.90 Å². The van der Waals surface area contributed by atoms with Crippen molar-refractivity contribution < 1.29 is 9.47 Å². The molecule has 1 aliphatic heterocycles. The Morgan fingerprint density at radius 1 is 1.20 bits per heavy atom. The molecule has 1 aromatic rings. The van der Waals surface area contributed by atoms with Crippen molar-refractivity contribution in [3.63, 3.8) is 0 Å². The fourth-order valence-corrected chi connectivity index (χ4v) is 3.14. The summed E-state index contributed by atoms with van der Waals surface area (Å²) in [5.41, 5.74) is 7.72. The molecule has 0 radical (unpaired) electrons. The monoisotopic (exact) mass is 278 g/mol. The van der Waals surface area contributed by atoms with Crippen molar-refractivity contribution in [1.29, 1.82) is 0 Å².